The molecule has 18 heavy (non-hydrogen) atoms. The van der Waals surface area contributed by atoms with Crippen LogP contribution in [0.5, 0.6) is 0 Å². The smallest absolute Gasteiger partial charge is 0.322 e. The number of hydrogen-bond acceptors (Lipinski definition) is 6. The highest BCUT2D eigenvalue weighted by Gasteiger charge is 2.07. The van der Waals surface area contributed by atoms with Gasteiger partial charge in [-0.05, 0) is 0 Å². The van der Waals surface area contributed by atoms with Crippen LogP contribution < -0.4 is 16.0 Å². The second-order valence-corrected chi connectivity index (χ2v) is 3.05. The minimum atomic E-state index is -1.16. The number of nitrogens with one attached hydrogen (secondary N) is 3. The van der Waals surface area contributed by atoms with Crippen molar-refractivity contribution in [2.45, 2.75) is 6.54 Å². The summed E-state index contributed by atoms with van der Waals surface area (Å²) in [6, 6.07) is -0.606. The van der Waals surface area contributed by atoms with E-state index < -0.39 is 24.5 Å². The van der Waals surface area contributed by atoms with Crippen molar-refractivity contribution in [1.29, 1.82) is 0 Å². The summed E-state index contributed by atoms with van der Waals surface area (Å²) in [5.74, 6) is -1.47. The Balaban J connectivity index is 2.13. The van der Waals surface area contributed by atoms with Gasteiger partial charge in [0, 0.05) is 0 Å². The first kappa shape index (κ1) is 13.4. The maximum atomic E-state index is 11.2. The van der Waals surface area contributed by atoms with Crippen LogP contribution in [-0.2, 0) is 16.1 Å². The van der Waals surface area contributed by atoms with Gasteiger partial charge < -0.3 is 25.6 Å². The van der Waals surface area contributed by atoms with Crippen molar-refractivity contribution in [3.63, 3.8) is 0 Å². The van der Waals surface area contributed by atoms with Gasteiger partial charge in [-0.25, -0.2) is 4.79 Å². The second-order valence-electron chi connectivity index (χ2n) is 3.05. The molecule has 0 bridgehead atoms. The van der Waals surface area contributed by atoms with Crippen LogP contribution in [-0.4, -0.2) is 46.2 Å². The number of aliphatic carboxylic acids is 1. The monoisotopic (exact) mass is 257 g/mol. The fourth-order valence-electron chi connectivity index (χ4n) is 0.889. The fourth-order valence-corrected chi connectivity index (χ4v) is 0.889. The number of urea groups is 1. The summed E-state index contributed by atoms with van der Waals surface area (Å²) in [5.41, 5.74) is 0. The molecule has 0 spiro atoms. The second kappa shape index (κ2) is 6.83. The van der Waals surface area contributed by atoms with Crippen LogP contribution in [0.2, 0.25) is 0 Å². The van der Waals surface area contributed by atoms with Crippen LogP contribution >= 0.6 is 0 Å². The van der Waals surface area contributed by atoms with Gasteiger partial charge in [0.05, 0.1) is 13.1 Å². The SMILES string of the molecule is O=C(O)CNC(=O)CNC(=O)NCc1ncon1. The molecule has 0 aliphatic rings. The van der Waals surface area contributed by atoms with Gasteiger partial charge in [-0.2, -0.15) is 4.98 Å². The molecule has 0 aliphatic heterocycles. The maximum Gasteiger partial charge on any atom is 0.322 e. The third kappa shape index (κ3) is 5.44. The zero-order valence-electron chi connectivity index (χ0n) is 9.17. The zero-order valence-corrected chi connectivity index (χ0v) is 9.17. The molecule has 0 saturated carbocycles. The van der Waals surface area contributed by atoms with Crippen molar-refractivity contribution in [2.75, 3.05) is 13.1 Å². The molecule has 0 saturated heterocycles. The number of amides is 3. The lowest BCUT2D eigenvalue weighted by atomic mass is 10.5. The van der Waals surface area contributed by atoms with Crippen LogP contribution in [0, 0.1) is 0 Å². The molecule has 4 N–H and O–H groups in total. The van der Waals surface area contributed by atoms with E-state index in [1.807, 2.05) is 0 Å². The number of nitrogens with zero attached hydrogens (tertiary/aromatic N) is 2. The summed E-state index contributed by atoms with van der Waals surface area (Å²) in [6.45, 7) is -0.768. The lowest BCUT2D eigenvalue weighted by Gasteiger charge is -2.05. The molecule has 1 aromatic rings. The van der Waals surface area contributed by atoms with Crippen molar-refractivity contribution < 1.29 is 24.0 Å². The summed E-state index contributed by atoms with van der Waals surface area (Å²) < 4.78 is 4.45. The van der Waals surface area contributed by atoms with E-state index in [1.54, 1.807) is 0 Å². The first-order chi connectivity index (χ1) is 8.58. The van der Waals surface area contributed by atoms with E-state index in [1.165, 1.54) is 0 Å². The van der Waals surface area contributed by atoms with Crippen LogP contribution in [0.1, 0.15) is 5.82 Å². The third-order valence-electron chi connectivity index (χ3n) is 1.66. The predicted octanol–water partition coefficient (Wildman–Crippen LogP) is -1.93. The summed E-state index contributed by atoms with van der Waals surface area (Å²) in [5, 5.41) is 18.4. The molecule has 1 aromatic heterocycles. The van der Waals surface area contributed by atoms with Gasteiger partial charge in [-0.15, -0.1) is 0 Å². The Morgan fingerprint density at radius 3 is 2.61 bits per heavy atom. The van der Waals surface area contributed by atoms with Gasteiger partial charge in [0.25, 0.3) is 0 Å². The average molecular weight is 257 g/mol. The number of carbonyl (C=O) groups is 3. The summed E-state index contributed by atoms with van der Waals surface area (Å²) in [7, 11) is 0. The number of carbonyl (C=O) groups excluding carboxylic acids is 2. The molecule has 0 aromatic carbocycles. The van der Waals surface area contributed by atoms with Crippen LogP contribution in [0.15, 0.2) is 10.9 Å². The first-order valence-corrected chi connectivity index (χ1v) is 4.83. The Morgan fingerprint density at radius 2 is 2.00 bits per heavy atom. The van der Waals surface area contributed by atoms with Gasteiger partial charge in [-0.1, -0.05) is 5.16 Å². The van der Waals surface area contributed by atoms with Crippen molar-refractivity contribution in [3.05, 3.63) is 12.2 Å². The van der Waals surface area contributed by atoms with Crippen molar-refractivity contribution in [1.82, 2.24) is 26.1 Å². The van der Waals surface area contributed by atoms with E-state index >= 15 is 0 Å². The summed E-state index contributed by atoms with van der Waals surface area (Å²) in [4.78, 5) is 36.0. The highest BCUT2D eigenvalue weighted by Crippen LogP contribution is 1.85. The van der Waals surface area contributed by atoms with E-state index in [2.05, 4.69) is 30.6 Å². The number of carboxylic acids is 1. The normalized spacial score (nSPS) is 9.56. The van der Waals surface area contributed by atoms with E-state index in [-0.39, 0.29) is 13.1 Å². The molecule has 0 atom stereocenters. The average Bonchev–Trinajstić information content (AvgIpc) is 2.84. The molecule has 0 unspecified atom stereocenters. The van der Waals surface area contributed by atoms with Gasteiger partial charge in [0.15, 0.2) is 5.82 Å². The molecule has 10 heteroatoms. The lowest BCUT2D eigenvalue weighted by molar-refractivity contribution is -0.137. The fraction of sp³-hybridized carbons (Fsp3) is 0.375. The minimum Gasteiger partial charge on any atom is -0.480 e. The molecule has 0 aliphatic carbocycles. The molecular weight excluding hydrogens is 246 g/mol. The Hall–Kier alpha value is -2.65. The minimum absolute atomic E-state index is 0.0546. The Morgan fingerprint density at radius 1 is 1.22 bits per heavy atom. The van der Waals surface area contributed by atoms with Gasteiger partial charge in [0.1, 0.15) is 6.54 Å². The quantitative estimate of drug-likeness (QED) is 0.464. The summed E-state index contributed by atoms with van der Waals surface area (Å²) in [6.07, 6.45) is 1.12. The standard InChI is InChI=1S/C8H11N5O5/c14-6(9-3-7(15)16)2-11-8(17)10-1-5-12-4-18-13-5/h4H,1-3H2,(H,9,14)(H,15,16)(H2,10,11,17). The molecule has 3 amide bonds. The number of carboxylic acid groups (broad SMARTS) is 1. The zero-order chi connectivity index (χ0) is 13.4. The van der Waals surface area contributed by atoms with E-state index in [4.69, 9.17) is 5.11 Å². The first-order valence-electron chi connectivity index (χ1n) is 4.83. The number of rotatable bonds is 6. The van der Waals surface area contributed by atoms with E-state index in [9.17, 15) is 14.4 Å². The highest BCUT2D eigenvalue weighted by atomic mass is 16.5. The Bertz CT molecular complexity index is 418. The molecule has 98 valence electrons. The van der Waals surface area contributed by atoms with Crippen molar-refractivity contribution in [2.24, 2.45) is 0 Å². The lowest BCUT2D eigenvalue weighted by Crippen LogP contribution is -2.42. The van der Waals surface area contributed by atoms with Gasteiger partial charge >= 0.3 is 12.0 Å². The Kier molecular flexibility index (Phi) is 5.09. The predicted molar refractivity (Wildman–Crippen MR) is 55.2 cm³/mol. The molecule has 1 heterocycles. The van der Waals surface area contributed by atoms with Gasteiger partial charge in [-0.3, -0.25) is 9.59 Å². The largest absolute Gasteiger partial charge is 0.480 e. The topological polar surface area (TPSA) is 146 Å². The molecular formula is C8H11N5O5. The van der Waals surface area contributed by atoms with Crippen molar-refractivity contribution >= 4 is 17.9 Å². The Labute approximate surface area is 101 Å². The number of hydrogen-bond donors (Lipinski definition) is 4. The highest BCUT2D eigenvalue weighted by molar-refractivity contribution is 5.86. The molecule has 1 rings (SSSR count). The number of aromatic nitrogens is 2. The van der Waals surface area contributed by atoms with Crippen molar-refractivity contribution in [3.8, 4) is 0 Å². The maximum absolute atomic E-state index is 11.2. The van der Waals surface area contributed by atoms with Gasteiger partial charge in [0.2, 0.25) is 12.3 Å². The molecule has 10 nitrogen and oxygen atoms in total. The van der Waals surface area contributed by atoms with Crippen LogP contribution in [0.25, 0.3) is 0 Å². The van der Waals surface area contributed by atoms with Crippen LogP contribution in [0.4, 0.5) is 4.79 Å². The third-order valence-corrected chi connectivity index (χ3v) is 1.66. The van der Waals surface area contributed by atoms with E-state index in [0.29, 0.717) is 5.82 Å². The van der Waals surface area contributed by atoms with E-state index in [0.717, 1.165) is 6.39 Å². The molecule has 0 fully saturated rings. The summed E-state index contributed by atoms with van der Waals surface area (Å²) >= 11 is 0. The van der Waals surface area contributed by atoms with Crippen LogP contribution in [0.3, 0.4) is 0 Å². The molecule has 0 radical (unpaired) electrons.